The van der Waals surface area contributed by atoms with E-state index in [2.05, 4.69) is 10.3 Å². The number of allylic oxidation sites excluding steroid dienone is 1. The number of para-hydroxylation sites is 1. The Hall–Kier alpha value is -3.11. The van der Waals surface area contributed by atoms with Crippen LogP contribution in [0.5, 0.6) is 0 Å². The van der Waals surface area contributed by atoms with Gasteiger partial charge < -0.3 is 5.32 Å². The lowest BCUT2D eigenvalue weighted by atomic mass is 10.1. The molecular weight excluding hydrogens is 359 g/mol. The summed E-state index contributed by atoms with van der Waals surface area (Å²) < 4.78 is 39.1. The van der Waals surface area contributed by atoms with Gasteiger partial charge in [-0.2, -0.15) is 18.4 Å². The van der Waals surface area contributed by atoms with E-state index in [9.17, 15) is 18.4 Å². The van der Waals surface area contributed by atoms with E-state index in [-0.39, 0.29) is 11.3 Å². The quantitative estimate of drug-likeness (QED) is 0.589. The van der Waals surface area contributed by atoms with E-state index in [1.165, 1.54) is 35.7 Å². The monoisotopic (exact) mass is 371 g/mol. The summed E-state index contributed by atoms with van der Waals surface area (Å²) in [5, 5.41) is 14.2. The van der Waals surface area contributed by atoms with Gasteiger partial charge in [0.05, 0.1) is 16.9 Å². The maximum absolute atomic E-state index is 13.0. The number of rotatable bonds is 4. The van der Waals surface area contributed by atoms with Crippen molar-refractivity contribution in [2.45, 2.75) is 6.18 Å². The first kappa shape index (κ1) is 17.7. The van der Waals surface area contributed by atoms with Crippen LogP contribution in [-0.4, -0.2) is 4.98 Å². The van der Waals surface area contributed by atoms with Gasteiger partial charge in [-0.05, 0) is 12.1 Å². The second kappa shape index (κ2) is 7.42. The lowest BCUT2D eigenvalue weighted by molar-refractivity contribution is -0.136. The summed E-state index contributed by atoms with van der Waals surface area (Å²) in [4.78, 5) is 4.40. The predicted octanol–water partition coefficient (Wildman–Crippen LogP) is 5.81. The van der Waals surface area contributed by atoms with Crippen LogP contribution in [0.4, 0.5) is 18.9 Å². The topological polar surface area (TPSA) is 48.7 Å². The Bertz CT molecular complexity index is 969. The molecule has 0 aliphatic carbocycles. The molecule has 0 atom stereocenters. The van der Waals surface area contributed by atoms with Crippen LogP contribution in [0.25, 0.3) is 16.8 Å². The average Bonchev–Trinajstić information content (AvgIpc) is 3.12. The molecule has 0 unspecified atom stereocenters. The number of aromatic nitrogens is 1. The number of nitrogens with zero attached hydrogens (tertiary/aromatic N) is 2. The molecule has 1 N–H and O–H groups in total. The third-order valence-corrected chi connectivity index (χ3v) is 4.40. The minimum atomic E-state index is -4.48. The van der Waals surface area contributed by atoms with Crippen molar-refractivity contribution in [1.29, 1.82) is 5.26 Å². The molecule has 130 valence electrons. The molecule has 0 saturated carbocycles. The van der Waals surface area contributed by atoms with E-state index in [0.717, 1.165) is 11.6 Å². The highest BCUT2D eigenvalue weighted by Crippen LogP contribution is 2.35. The SMILES string of the molecule is N#C/C(=C\Nc1ccccc1C(F)(F)F)c1nc(-c2ccccc2)cs1. The predicted molar refractivity (Wildman–Crippen MR) is 96.2 cm³/mol. The van der Waals surface area contributed by atoms with Crippen molar-refractivity contribution in [1.82, 2.24) is 4.98 Å². The van der Waals surface area contributed by atoms with Crippen LogP contribution in [0.3, 0.4) is 0 Å². The number of nitriles is 1. The zero-order valence-electron chi connectivity index (χ0n) is 13.3. The Morgan fingerprint density at radius 2 is 1.77 bits per heavy atom. The van der Waals surface area contributed by atoms with Crippen LogP contribution in [0, 0.1) is 11.3 Å². The molecule has 0 radical (unpaired) electrons. The molecule has 1 heterocycles. The van der Waals surface area contributed by atoms with E-state index in [0.29, 0.717) is 10.7 Å². The number of halogens is 3. The van der Waals surface area contributed by atoms with Crippen molar-refractivity contribution in [3.05, 3.63) is 76.7 Å². The Labute approximate surface area is 152 Å². The lowest BCUT2D eigenvalue weighted by Gasteiger charge is -2.12. The zero-order chi connectivity index (χ0) is 18.6. The summed E-state index contributed by atoms with van der Waals surface area (Å²) in [6.07, 6.45) is -3.23. The van der Waals surface area contributed by atoms with Crippen LogP contribution in [0.15, 0.2) is 66.2 Å². The minimum Gasteiger partial charge on any atom is -0.360 e. The Morgan fingerprint density at radius 1 is 1.08 bits per heavy atom. The summed E-state index contributed by atoms with van der Waals surface area (Å²) >= 11 is 1.26. The maximum Gasteiger partial charge on any atom is 0.418 e. The fourth-order valence-electron chi connectivity index (χ4n) is 2.29. The van der Waals surface area contributed by atoms with Gasteiger partial charge in [0, 0.05) is 17.1 Å². The molecule has 1 aromatic heterocycles. The van der Waals surface area contributed by atoms with Crippen molar-refractivity contribution in [2.24, 2.45) is 0 Å². The van der Waals surface area contributed by atoms with Crippen molar-refractivity contribution >= 4 is 22.6 Å². The van der Waals surface area contributed by atoms with E-state index >= 15 is 0 Å². The molecule has 0 fully saturated rings. The number of benzene rings is 2. The second-order valence-corrected chi connectivity index (χ2v) is 6.12. The van der Waals surface area contributed by atoms with Crippen molar-refractivity contribution in [2.75, 3.05) is 5.32 Å². The number of hydrogen-bond donors (Lipinski definition) is 1. The number of anilines is 1. The number of alkyl halides is 3. The van der Waals surface area contributed by atoms with Crippen molar-refractivity contribution in [3.8, 4) is 17.3 Å². The van der Waals surface area contributed by atoms with Gasteiger partial charge in [-0.3, -0.25) is 0 Å². The number of thiazole rings is 1. The molecule has 0 bridgehead atoms. The van der Waals surface area contributed by atoms with Crippen LogP contribution in [0.1, 0.15) is 10.6 Å². The molecule has 0 aliphatic rings. The summed E-state index contributed by atoms with van der Waals surface area (Å²) in [5.41, 5.74) is 0.865. The largest absolute Gasteiger partial charge is 0.418 e. The van der Waals surface area contributed by atoms with Gasteiger partial charge >= 0.3 is 6.18 Å². The van der Waals surface area contributed by atoms with Gasteiger partial charge in [0.15, 0.2) is 0 Å². The van der Waals surface area contributed by atoms with E-state index in [1.807, 2.05) is 36.4 Å². The highest BCUT2D eigenvalue weighted by Gasteiger charge is 2.32. The van der Waals surface area contributed by atoms with E-state index < -0.39 is 11.7 Å². The lowest BCUT2D eigenvalue weighted by Crippen LogP contribution is -2.08. The van der Waals surface area contributed by atoms with Gasteiger partial charge in [0.1, 0.15) is 16.6 Å². The first-order chi connectivity index (χ1) is 12.5. The van der Waals surface area contributed by atoms with Gasteiger partial charge in [0.25, 0.3) is 0 Å². The summed E-state index contributed by atoms with van der Waals surface area (Å²) in [6, 6.07) is 16.5. The molecule has 0 spiro atoms. The fraction of sp³-hybridized carbons (Fsp3) is 0.0526. The van der Waals surface area contributed by atoms with Crippen LogP contribution in [0.2, 0.25) is 0 Å². The van der Waals surface area contributed by atoms with Crippen LogP contribution >= 0.6 is 11.3 Å². The summed E-state index contributed by atoms with van der Waals surface area (Å²) in [5.74, 6) is 0. The molecule has 3 aromatic rings. The first-order valence-electron chi connectivity index (χ1n) is 7.53. The minimum absolute atomic E-state index is 0.118. The average molecular weight is 371 g/mol. The summed E-state index contributed by atoms with van der Waals surface area (Å²) in [6.45, 7) is 0. The first-order valence-corrected chi connectivity index (χ1v) is 8.41. The van der Waals surface area contributed by atoms with Crippen molar-refractivity contribution < 1.29 is 13.2 Å². The molecule has 26 heavy (non-hydrogen) atoms. The zero-order valence-corrected chi connectivity index (χ0v) is 14.1. The Kier molecular flexibility index (Phi) is 5.05. The third kappa shape index (κ3) is 3.92. The number of nitrogens with one attached hydrogen (secondary N) is 1. The standard InChI is InChI=1S/C19H12F3N3S/c20-19(21,22)15-8-4-5-9-16(15)24-11-14(10-23)18-25-17(12-26-18)13-6-2-1-3-7-13/h1-9,11-12,24H/b14-11+. The molecule has 2 aromatic carbocycles. The molecule has 0 aliphatic heterocycles. The molecule has 0 saturated heterocycles. The highest BCUT2D eigenvalue weighted by atomic mass is 32.1. The molecule has 7 heteroatoms. The summed E-state index contributed by atoms with van der Waals surface area (Å²) in [7, 11) is 0. The third-order valence-electron chi connectivity index (χ3n) is 3.53. The highest BCUT2D eigenvalue weighted by molar-refractivity contribution is 7.11. The van der Waals surface area contributed by atoms with Gasteiger partial charge in [-0.1, -0.05) is 42.5 Å². The molecular formula is C19H12F3N3S. The van der Waals surface area contributed by atoms with Gasteiger partial charge in [-0.25, -0.2) is 4.98 Å². The Morgan fingerprint density at radius 3 is 2.46 bits per heavy atom. The maximum atomic E-state index is 13.0. The Balaban J connectivity index is 1.87. The normalized spacial score (nSPS) is 11.8. The number of hydrogen-bond acceptors (Lipinski definition) is 4. The van der Waals surface area contributed by atoms with Crippen LogP contribution in [-0.2, 0) is 6.18 Å². The molecule has 0 amide bonds. The fourth-order valence-corrected chi connectivity index (χ4v) is 3.08. The van der Waals surface area contributed by atoms with E-state index in [4.69, 9.17) is 0 Å². The smallest absolute Gasteiger partial charge is 0.360 e. The van der Waals surface area contributed by atoms with Crippen LogP contribution < -0.4 is 5.32 Å². The van der Waals surface area contributed by atoms with Crippen molar-refractivity contribution in [3.63, 3.8) is 0 Å². The molecule has 3 rings (SSSR count). The van der Waals surface area contributed by atoms with E-state index in [1.54, 1.807) is 5.38 Å². The second-order valence-electron chi connectivity index (χ2n) is 5.26. The van der Waals surface area contributed by atoms with Gasteiger partial charge in [0.2, 0.25) is 0 Å². The van der Waals surface area contributed by atoms with Gasteiger partial charge in [-0.15, -0.1) is 11.3 Å². The molecule has 3 nitrogen and oxygen atoms in total.